The van der Waals surface area contributed by atoms with Crippen LogP contribution in [-0.4, -0.2) is 17.8 Å². The van der Waals surface area contributed by atoms with Crippen molar-refractivity contribution in [3.8, 4) is 17.0 Å². The summed E-state index contributed by atoms with van der Waals surface area (Å²) in [7, 11) is 0. The molecule has 1 heterocycles. The molecule has 4 nitrogen and oxygen atoms in total. The lowest BCUT2D eigenvalue weighted by Crippen LogP contribution is -2.00. The van der Waals surface area contributed by atoms with E-state index in [0.717, 1.165) is 45.0 Å². The Bertz CT molecular complexity index is 865. The number of rotatable bonds is 8. The number of unbranched alkanes of at least 4 members (excludes halogenated alkanes) is 1. The number of thiazole rings is 1. The number of benzene rings is 2. The third-order valence-electron chi connectivity index (χ3n) is 3.66. The lowest BCUT2D eigenvalue weighted by molar-refractivity contribution is 0.309. The summed E-state index contributed by atoms with van der Waals surface area (Å²) in [5.74, 6) is 0.830. The quantitative estimate of drug-likeness (QED) is 0.263. The maximum absolute atomic E-state index is 5.84. The van der Waals surface area contributed by atoms with Gasteiger partial charge >= 0.3 is 0 Å². The van der Waals surface area contributed by atoms with Gasteiger partial charge in [0.25, 0.3) is 0 Å². The first-order valence-electron chi connectivity index (χ1n) is 8.48. The van der Waals surface area contributed by atoms with Gasteiger partial charge < -0.3 is 4.74 Å². The highest BCUT2D eigenvalue weighted by Gasteiger charge is 2.05. The zero-order valence-corrected chi connectivity index (χ0v) is 16.9. The van der Waals surface area contributed by atoms with Crippen LogP contribution in [0, 0.1) is 0 Å². The summed E-state index contributed by atoms with van der Waals surface area (Å²) in [4.78, 5) is 4.57. The fourth-order valence-corrected chi connectivity index (χ4v) is 3.35. The fourth-order valence-electron chi connectivity index (χ4n) is 2.30. The van der Waals surface area contributed by atoms with Crippen molar-refractivity contribution in [2.24, 2.45) is 5.10 Å². The molecule has 3 rings (SSSR count). The van der Waals surface area contributed by atoms with E-state index in [1.165, 1.54) is 11.3 Å². The summed E-state index contributed by atoms with van der Waals surface area (Å²) >= 11 is 5.02. The first kappa shape index (κ1) is 18.6. The highest BCUT2D eigenvalue weighted by atomic mass is 79.9. The van der Waals surface area contributed by atoms with Gasteiger partial charge in [0.15, 0.2) is 0 Å². The van der Waals surface area contributed by atoms with E-state index in [0.29, 0.717) is 6.61 Å². The van der Waals surface area contributed by atoms with Crippen LogP contribution >= 0.6 is 27.3 Å². The topological polar surface area (TPSA) is 46.5 Å². The van der Waals surface area contributed by atoms with E-state index in [1.807, 2.05) is 53.9 Å². The molecule has 1 aromatic heterocycles. The largest absolute Gasteiger partial charge is 0.493 e. The predicted molar refractivity (Wildman–Crippen MR) is 113 cm³/mol. The Kier molecular flexibility index (Phi) is 6.80. The van der Waals surface area contributed by atoms with Gasteiger partial charge in [0, 0.05) is 21.0 Å². The molecule has 134 valence electrons. The monoisotopic (exact) mass is 429 g/mol. The van der Waals surface area contributed by atoms with Crippen molar-refractivity contribution in [3.63, 3.8) is 0 Å². The van der Waals surface area contributed by atoms with Gasteiger partial charge in [-0.05, 0) is 24.6 Å². The molecule has 1 N–H and O–H groups in total. The Balaban J connectivity index is 1.67. The minimum atomic E-state index is 0.708. The fraction of sp³-hybridized carbons (Fsp3) is 0.200. The summed E-state index contributed by atoms with van der Waals surface area (Å²) in [5, 5.41) is 7.09. The van der Waals surface area contributed by atoms with E-state index in [-0.39, 0.29) is 0 Å². The third-order valence-corrected chi connectivity index (χ3v) is 4.91. The van der Waals surface area contributed by atoms with Crippen molar-refractivity contribution in [1.82, 2.24) is 4.98 Å². The number of aromatic nitrogens is 1. The lowest BCUT2D eigenvalue weighted by atomic mass is 10.2. The number of anilines is 1. The van der Waals surface area contributed by atoms with Crippen LogP contribution in [0.2, 0.25) is 0 Å². The number of ether oxygens (including phenoxy) is 1. The van der Waals surface area contributed by atoms with E-state index in [4.69, 9.17) is 4.74 Å². The molecule has 0 saturated heterocycles. The normalized spacial score (nSPS) is 11.0. The Morgan fingerprint density at radius 1 is 1.23 bits per heavy atom. The second-order valence-electron chi connectivity index (χ2n) is 5.66. The summed E-state index contributed by atoms with van der Waals surface area (Å²) in [6.07, 6.45) is 3.90. The average molecular weight is 430 g/mol. The Labute approximate surface area is 166 Å². The molecule has 0 amide bonds. The molecule has 0 unspecified atom stereocenters. The number of hydrogen-bond acceptors (Lipinski definition) is 5. The average Bonchev–Trinajstić information content (AvgIpc) is 3.13. The lowest BCUT2D eigenvalue weighted by Gasteiger charge is -2.08. The smallest absolute Gasteiger partial charge is 0.203 e. The van der Waals surface area contributed by atoms with Crippen LogP contribution in [0.5, 0.6) is 5.75 Å². The molecule has 0 atom stereocenters. The van der Waals surface area contributed by atoms with E-state index < -0.39 is 0 Å². The minimum absolute atomic E-state index is 0.708. The minimum Gasteiger partial charge on any atom is -0.493 e. The molecule has 26 heavy (non-hydrogen) atoms. The van der Waals surface area contributed by atoms with Crippen LogP contribution in [-0.2, 0) is 0 Å². The van der Waals surface area contributed by atoms with Crippen LogP contribution in [0.1, 0.15) is 25.3 Å². The molecule has 0 aliphatic rings. The molecule has 3 aromatic rings. The van der Waals surface area contributed by atoms with Gasteiger partial charge in [-0.1, -0.05) is 59.6 Å². The standard InChI is InChI=1S/C20H20BrN3OS/c1-2-3-11-25-19-10-9-17(21)12-16(19)13-22-24-20-23-18(14-26-20)15-7-5-4-6-8-15/h4-10,12-14H,2-3,11H2,1H3,(H,23,24). The van der Waals surface area contributed by atoms with E-state index in [9.17, 15) is 0 Å². The van der Waals surface area contributed by atoms with Crippen molar-refractivity contribution in [2.45, 2.75) is 19.8 Å². The first-order chi connectivity index (χ1) is 12.8. The van der Waals surface area contributed by atoms with Gasteiger partial charge in [-0.2, -0.15) is 5.10 Å². The predicted octanol–water partition coefficient (Wildman–Crippen LogP) is 6.20. The van der Waals surface area contributed by atoms with Gasteiger partial charge in [-0.3, -0.25) is 5.43 Å². The van der Waals surface area contributed by atoms with Crippen LogP contribution in [0.4, 0.5) is 5.13 Å². The van der Waals surface area contributed by atoms with Gasteiger partial charge in [0.05, 0.1) is 18.5 Å². The molecule has 0 bridgehead atoms. The Morgan fingerprint density at radius 3 is 2.88 bits per heavy atom. The van der Waals surface area contributed by atoms with E-state index in [1.54, 1.807) is 6.21 Å². The van der Waals surface area contributed by atoms with E-state index >= 15 is 0 Å². The van der Waals surface area contributed by atoms with Gasteiger partial charge in [0.1, 0.15) is 5.75 Å². The maximum atomic E-state index is 5.84. The van der Waals surface area contributed by atoms with Crippen LogP contribution in [0.15, 0.2) is 63.5 Å². The molecule has 0 aliphatic carbocycles. The maximum Gasteiger partial charge on any atom is 0.203 e. The first-order valence-corrected chi connectivity index (χ1v) is 10.2. The van der Waals surface area contributed by atoms with Crippen molar-refractivity contribution < 1.29 is 4.74 Å². The molecule has 0 radical (unpaired) electrons. The highest BCUT2D eigenvalue weighted by molar-refractivity contribution is 9.10. The summed E-state index contributed by atoms with van der Waals surface area (Å²) in [6, 6.07) is 16.0. The molecular formula is C20H20BrN3OS. The van der Waals surface area contributed by atoms with Crippen LogP contribution in [0.3, 0.4) is 0 Å². The SMILES string of the molecule is CCCCOc1ccc(Br)cc1C=NNc1nc(-c2ccccc2)cs1. The van der Waals surface area contributed by atoms with Gasteiger partial charge in [-0.25, -0.2) is 4.98 Å². The molecule has 0 saturated carbocycles. The van der Waals surface area contributed by atoms with E-state index in [2.05, 4.69) is 38.4 Å². The molecule has 0 spiro atoms. The Hall–Kier alpha value is -2.18. The molecular weight excluding hydrogens is 410 g/mol. The summed E-state index contributed by atoms with van der Waals surface area (Å²) < 4.78 is 6.83. The van der Waals surface area contributed by atoms with Crippen LogP contribution in [0.25, 0.3) is 11.3 Å². The number of halogens is 1. The Morgan fingerprint density at radius 2 is 2.08 bits per heavy atom. The molecule has 0 aliphatic heterocycles. The molecule has 0 fully saturated rings. The van der Waals surface area contributed by atoms with Crippen molar-refractivity contribution in [3.05, 3.63) is 63.9 Å². The van der Waals surface area contributed by atoms with Crippen molar-refractivity contribution in [1.29, 1.82) is 0 Å². The summed E-state index contributed by atoms with van der Waals surface area (Å²) in [5.41, 5.74) is 5.96. The van der Waals surface area contributed by atoms with Gasteiger partial charge in [-0.15, -0.1) is 11.3 Å². The molecule has 6 heteroatoms. The second-order valence-corrected chi connectivity index (χ2v) is 7.43. The van der Waals surface area contributed by atoms with Crippen LogP contribution < -0.4 is 10.2 Å². The van der Waals surface area contributed by atoms with Crippen molar-refractivity contribution in [2.75, 3.05) is 12.0 Å². The molecule has 2 aromatic carbocycles. The van der Waals surface area contributed by atoms with Crippen molar-refractivity contribution >= 4 is 38.6 Å². The highest BCUT2D eigenvalue weighted by Crippen LogP contribution is 2.25. The zero-order chi connectivity index (χ0) is 18.2. The number of nitrogens with one attached hydrogen (secondary N) is 1. The third kappa shape index (κ3) is 5.16. The second kappa shape index (κ2) is 9.50. The summed E-state index contributed by atoms with van der Waals surface area (Å²) in [6.45, 7) is 2.86. The number of hydrazone groups is 1. The van der Waals surface area contributed by atoms with Gasteiger partial charge in [0.2, 0.25) is 5.13 Å². The number of hydrogen-bond donors (Lipinski definition) is 1. The number of nitrogens with zero attached hydrogens (tertiary/aromatic N) is 2. The zero-order valence-electron chi connectivity index (χ0n) is 14.5.